The topological polar surface area (TPSA) is 17.8 Å². The lowest BCUT2D eigenvalue weighted by Gasteiger charge is -2.25. The molecule has 0 aliphatic heterocycles. The maximum Gasteiger partial charge on any atom is 0.0349 e. The minimum atomic E-state index is 0.907. The van der Waals surface area contributed by atoms with Crippen LogP contribution in [-0.2, 0) is 13.0 Å². The Morgan fingerprint density at radius 1 is 1.33 bits per heavy atom. The number of aromatic nitrogens is 2. The van der Waals surface area contributed by atoms with E-state index in [-0.39, 0.29) is 0 Å². The third-order valence-corrected chi connectivity index (χ3v) is 4.05. The van der Waals surface area contributed by atoms with Gasteiger partial charge in [-0.25, -0.2) is 0 Å². The van der Waals surface area contributed by atoms with Gasteiger partial charge in [0.15, 0.2) is 0 Å². The van der Waals surface area contributed by atoms with Gasteiger partial charge in [-0.15, -0.1) is 0 Å². The van der Waals surface area contributed by atoms with E-state index in [0.29, 0.717) is 0 Å². The number of aryl methyl sites for hydroxylation is 1. The summed E-state index contributed by atoms with van der Waals surface area (Å²) < 4.78 is 2.34. The van der Waals surface area contributed by atoms with Gasteiger partial charge in [0.25, 0.3) is 0 Å². The van der Waals surface area contributed by atoms with Crippen molar-refractivity contribution < 1.29 is 0 Å². The van der Waals surface area contributed by atoms with Crippen molar-refractivity contribution in [2.45, 2.75) is 39.2 Å². The van der Waals surface area contributed by atoms with Gasteiger partial charge in [-0.1, -0.05) is 13.3 Å². The summed E-state index contributed by atoms with van der Waals surface area (Å²) in [6.45, 7) is 3.38. The van der Waals surface area contributed by atoms with Crippen molar-refractivity contribution in [1.82, 2.24) is 9.55 Å². The van der Waals surface area contributed by atoms with Crippen LogP contribution in [0.1, 0.15) is 31.7 Å². The Labute approximate surface area is 109 Å². The Morgan fingerprint density at radius 3 is 2.94 bits per heavy atom. The molecule has 1 aliphatic carbocycles. The summed E-state index contributed by atoms with van der Waals surface area (Å²) in [6, 6.07) is 4.34. The van der Waals surface area contributed by atoms with E-state index in [0.717, 1.165) is 12.3 Å². The van der Waals surface area contributed by atoms with Gasteiger partial charge in [0.05, 0.1) is 0 Å². The standard InChI is InChI=1S/C16H20N2/c1-2-14-6-8-17-10-16(14)15-7-9-18(12-15)11-13-4-3-5-13/h6-10,12-13H,2-5,11H2,1H3. The van der Waals surface area contributed by atoms with Crippen LogP contribution in [0.4, 0.5) is 0 Å². The van der Waals surface area contributed by atoms with Crippen molar-refractivity contribution >= 4 is 0 Å². The molecule has 0 atom stereocenters. The lowest BCUT2D eigenvalue weighted by Crippen LogP contribution is -2.16. The molecule has 0 aromatic carbocycles. The molecule has 0 N–H and O–H groups in total. The van der Waals surface area contributed by atoms with Crippen molar-refractivity contribution in [3.63, 3.8) is 0 Å². The van der Waals surface area contributed by atoms with Crippen molar-refractivity contribution in [1.29, 1.82) is 0 Å². The first-order valence-corrected chi connectivity index (χ1v) is 6.96. The second kappa shape index (κ2) is 4.97. The van der Waals surface area contributed by atoms with Crippen LogP contribution in [0.25, 0.3) is 11.1 Å². The van der Waals surface area contributed by atoms with E-state index in [2.05, 4.69) is 41.0 Å². The number of hydrogen-bond donors (Lipinski definition) is 0. The maximum atomic E-state index is 4.26. The van der Waals surface area contributed by atoms with E-state index in [4.69, 9.17) is 0 Å². The predicted molar refractivity (Wildman–Crippen MR) is 74.4 cm³/mol. The van der Waals surface area contributed by atoms with Crippen LogP contribution in [0.2, 0.25) is 0 Å². The van der Waals surface area contributed by atoms with E-state index in [1.807, 2.05) is 12.4 Å². The fourth-order valence-corrected chi connectivity index (χ4v) is 2.68. The van der Waals surface area contributed by atoms with E-state index in [1.54, 1.807) is 0 Å². The van der Waals surface area contributed by atoms with E-state index >= 15 is 0 Å². The highest BCUT2D eigenvalue weighted by Crippen LogP contribution is 2.29. The second-order valence-corrected chi connectivity index (χ2v) is 5.28. The number of hydrogen-bond acceptors (Lipinski definition) is 1. The van der Waals surface area contributed by atoms with E-state index in [1.165, 1.54) is 42.5 Å². The van der Waals surface area contributed by atoms with Crippen LogP contribution in [0.5, 0.6) is 0 Å². The highest BCUT2D eigenvalue weighted by Gasteiger charge is 2.17. The van der Waals surface area contributed by atoms with Gasteiger partial charge < -0.3 is 4.57 Å². The maximum absolute atomic E-state index is 4.26. The van der Waals surface area contributed by atoms with Gasteiger partial charge in [0, 0.05) is 42.5 Å². The van der Waals surface area contributed by atoms with Crippen LogP contribution in [0, 0.1) is 5.92 Å². The quantitative estimate of drug-likeness (QED) is 0.792. The summed E-state index contributed by atoms with van der Waals surface area (Å²) >= 11 is 0. The molecule has 0 bridgehead atoms. The average molecular weight is 240 g/mol. The first-order valence-electron chi connectivity index (χ1n) is 6.96. The van der Waals surface area contributed by atoms with Crippen LogP contribution in [0.3, 0.4) is 0 Å². The molecular formula is C16H20N2. The molecule has 94 valence electrons. The minimum absolute atomic E-state index is 0.907. The van der Waals surface area contributed by atoms with Gasteiger partial charge in [-0.3, -0.25) is 4.98 Å². The largest absolute Gasteiger partial charge is 0.353 e. The van der Waals surface area contributed by atoms with Gasteiger partial charge in [0.1, 0.15) is 0 Å². The Bertz CT molecular complexity index is 523. The first kappa shape index (κ1) is 11.5. The monoisotopic (exact) mass is 240 g/mol. The van der Waals surface area contributed by atoms with E-state index in [9.17, 15) is 0 Å². The Kier molecular flexibility index (Phi) is 3.18. The van der Waals surface area contributed by atoms with Gasteiger partial charge in [-0.05, 0) is 42.9 Å². The van der Waals surface area contributed by atoms with Crippen molar-refractivity contribution in [2.24, 2.45) is 5.92 Å². The number of pyridine rings is 1. The molecule has 2 heteroatoms. The predicted octanol–water partition coefficient (Wildman–Crippen LogP) is 3.91. The zero-order valence-electron chi connectivity index (χ0n) is 11.0. The molecule has 2 nitrogen and oxygen atoms in total. The molecule has 2 aromatic rings. The van der Waals surface area contributed by atoms with Crippen LogP contribution >= 0.6 is 0 Å². The zero-order chi connectivity index (χ0) is 12.4. The van der Waals surface area contributed by atoms with Crippen LogP contribution in [-0.4, -0.2) is 9.55 Å². The smallest absolute Gasteiger partial charge is 0.0349 e. The molecule has 18 heavy (non-hydrogen) atoms. The van der Waals surface area contributed by atoms with Gasteiger partial charge in [-0.2, -0.15) is 0 Å². The number of nitrogens with zero attached hydrogens (tertiary/aromatic N) is 2. The summed E-state index contributed by atoms with van der Waals surface area (Å²) in [6.07, 6.45) is 13.6. The Hall–Kier alpha value is -1.57. The summed E-state index contributed by atoms with van der Waals surface area (Å²) in [4.78, 5) is 4.26. The molecule has 1 saturated carbocycles. The van der Waals surface area contributed by atoms with E-state index < -0.39 is 0 Å². The normalized spacial score (nSPS) is 15.6. The van der Waals surface area contributed by atoms with Gasteiger partial charge in [0.2, 0.25) is 0 Å². The van der Waals surface area contributed by atoms with Crippen molar-refractivity contribution in [3.05, 3.63) is 42.5 Å². The van der Waals surface area contributed by atoms with Crippen LogP contribution in [0.15, 0.2) is 36.9 Å². The molecule has 3 rings (SSSR count). The zero-order valence-corrected chi connectivity index (χ0v) is 11.0. The second-order valence-electron chi connectivity index (χ2n) is 5.28. The number of rotatable bonds is 4. The fraction of sp³-hybridized carbons (Fsp3) is 0.438. The molecule has 0 radical (unpaired) electrons. The lowest BCUT2D eigenvalue weighted by molar-refractivity contribution is 0.277. The molecule has 0 saturated heterocycles. The molecule has 2 aromatic heterocycles. The summed E-state index contributed by atoms with van der Waals surface area (Å²) in [5.74, 6) is 0.907. The van der Waals surface area contributed by atoms with Crippen LogP contribution < -0.4 is 0 Å². The van der Waals surface area contributed by atoms with Crippen molar-refractivity contribution in [2.75, 3.05) is 0 Å². The van der Waals surface area contributed by atoms with Crippen molar-refractivity contribution in [3.8, 4) is 11.1 Å². The summed E-state index contributed by atoms with van der Waals surface area (Å²) in [7, 11) is 0. The molecule has 1 aliphatic rings. The molecule has 1 fully saturated rings. The Balaban J connectivity index is 1.83. The lowest BCUT2D eigenvalue weighted by atomic mass is 9.85. The third-order valence-electron chi connectivity index (χ3n) is 4.05. The molecule has 0 amide bonds. The summed E-state index contributed by atoms with van der Waals surface area (Å²) in [5, 5.41) is 0. The van der Waals surface area contributed by atoms with Gasteiger partial charge >= 0.3 is 0 Å². The molecule has 0 unspecified atom stereocenters. The SMILES string of the molecule is CCc1ccncc1-c1ccn(CC2CCC2)c1. The summed E-state index contributed by atoms with van der Waals surface area (Å²) in [5.41, 5.74) is 3.97. The average Bonchev–Trinajstić information content (AvgIpc) is 2.82. The minimum Gasteiger partial charge on any atom is -0.353 e. The Morgan fingerprint density at radius 2 is 2.22 bits per heavy atom. The fourth-order valence-electron chi connectivity index (χ4n) is 2.68. The first-order chi connectivity index (χ1) is 8.86. The third kappa shape index (κ3) is 2.20. The highest BCUT2D eigenvalue weighted by atomic mass is 14.9. The highest BCUT2D eigenvalue weighted by molar-refractivity contribution is 5.65. The molecule has 2 heterocycles. The molecular weight excluding hydrogens is 220 g/mol. The molecule has 0 spiro atoms.